The van der Waals surface area contributed by atoms with Crippen molar-refractivity contribution in [1.82, 2.24) is 0 Å². The third kappa shape index (κ3) is 4.03. The van der Waals surface area contributed by atoms with Gasteiger partial charge in [-0.25, -0.2) is 0 Å². The van der Waals surface area contributed by atoms with Gasteiger partial charge in [0.2, 0.25) is 5.91 Å². The fourth-order valence-electron chi connectivity index (χ4n) is 3.08. The maximum Gasteiger partial charge on any atom is 0.221 e. The Kier molecular flexibility index (Phi) is 5.60. The van der Waals surface area contributed by atoms with Crippen LogP contribution in [0.3, 0.4) is 0 Å². The van der Waals surface area contributed by atoms with Gasteiger partial charge in [0.15, 0.2) is 5.78 Å². The molecule has 0 aliphatic rings. The van der Waals surface area contributed by atoms with Crippen LogP contribution in [0.2, 0.25) is 0 Å². The van der Waals surface area contributed by atoms with E-state index in [1.54, 1.807) is 49.6 Å². The highest BCUT2D eigenvalue weighted by atomic mass is 16.5. The molecule has 2 aromatic carbocycles. The maximum atomic E-state index is 13.3. The van der Waals surface area contributed by atoms with E-state index in [0.29, 0.717) is 45.7 Å². The van der Waals surface area contributed by atoms with Crippen LogP contribution in [0.25, 0.3) is 11.0 Å². The summed E-state index contributed by atoms with van der Waals surface area (Å²) < 4.78 is 11.2. The minimum atomic E-state index is -0.160. The molecule has 1 N–H and O–H groups in total. The van der Waals surface area contributed by atoms with E-state index in [0.717, 1.165) is 12.8 Å². The molecule has 0 bridgehead atoms. The Labute approximate surface area is 158 Å². The fraction of sp³-hybridized carbons (Fsp3) is 0.273. The van der Waals surface area contributed by atoms with Crippen molar-refractivity contribution < 1.29 is 18.7 Å². The van der Waals surface area contributed by atoms with Crippen LogP contribution in [0.4, 0.5) is 5.69 Å². The van der Waals surface area contributed by atoms with Gasteiger partial charge in [0.1, 0.15) is 17.1 Å². The Hall–Kier alpha value is -3.08. The molecule has 0 atom stereocenters. The van der Waals surface area contributed by atoms with E-state index in [2.05, 4.69) is 12.2 Å². The van der Waals surface area contributed by atoms with Gasteiger partial charge in [-0.3, -0.25) is 9.59 Å². The van der Waals surface area contributed by atoms with Gasteiger partial charge in [0.25, 0.3) is 0 Å². The molecule has 0 radical (unpaired) electrons. The number of ether oxygens (including phenoxy) is 1. The number of methoxy groups -OCH3 is 1. The zero-order chi connectivity index (χ0) is 19.4. The first-order valence-corrected chi connectivity index (χ1v) is 9.05. The average molecular weight is 365 g/mol. The number of fused-ring (bicyclic) bond motifs is 1. The van der Waals surface area contributed by atoms with Gasteiger partial charge in [-0.15, -0.1) is 0 Å². The van der Waals surface area contributed by atoms with Crippen molar-refractivity contribution in [2.45, 2.75) is 33.1 Å². The molecule has 0 aliphatic carbocycles. The van der Waals surface area contributed by atoms with Crippen molar-refractivity contribution in [3.63, 3.8) is 0 Å². The van der Waals surface area contributed by atoms with Crippen LogP contribution in [0, 0.1) is 0 Å². The fourth-order valence-corrected chi connectivity index (χ4v) is 3.08. The molecule has 27 heavy (non-hydrogen) atoms. The molecule has 140 valence electrons. The van der Waals surface area contributed by atoms with Crippen LogP contribution in [0.1, 0.15) is 48.4 Å². The molecule has 0 unspecified atom stereocenters. The first-order valence-electron chi connectivity index (χ1n) is 9.05. The van der Waals surface area contributed by atoms with E-state index in [4.69, 9.17) is 9.15 Å². The van der Waals surface area contributed by atoms with Crippen LogP contribution in [0.15, 0.2) is 46.9 Å². The summed E-state index contributed by atoms with van der Waals surface area (Å²) in [5.74, 6) is 1.13. The quantitative estimate of drug-likeness (QED) is 0.600. The second kappa shape index (κ2) is 8.08. The lowest BCUT2D eigenvalue weighted by molar-refractivity contribution is -0.114. The largest absolute Gasteiger partial charge is 0.497 e. The first kappa shape index (κ1) is 18.7. The summed E-state index contributed by atoms with van der Waals surface area (Å²) in [4.78, 5) is 24.6. The number of hydrogen-bond donors (Lipinski definition) is 1. The highest BCUT2D eigenvalue weighted by Crippen LogP contribution is 2.32. The zero-order valence-corrected chi connectivity index (χ0v) is 15.8. The van der Waals surface area contributed by atoms with Gasteiger partial charge in [-0.2, -0.15) is 0 Å². The smallest absolute Gasteiger partial charge is 0.221 e. The number of nitrogens with one attached hydrogen (secondary N) is 1. The zero-order valence-electron chi connectivity index (χ0n) is 15.8. The monoisotopic (exact) mass is 365 g/mol. The van der Waals surface area contributed by atoms with Crippen molar-refractivity contribution >= 4 is 28.3 Å². The highest BCUT2D eigenvalue weighted by Gasteiger charge is 2.22. The molecule has 3 aromatic rings. The van der Waals surface area contributed by atoms with Crippen LogP contribution >= 0.6 is 0 Å². The Bertz CT molecular complexity index is 970. The number of rotatable bonds is 7. The standard InChI is InChI=1S/C22H23NO4/c1-4-5-6-20-21(22(25)15-7-10-17(26-3)11-8-15)18-13-16(23-14(2)24)9-12-19(18)27-20/h7-13H,4-6H2,1-3H3,(H,23,24). The van der Waals surface area contributed by atoms with E-state index in [-0.39, 0.29) is 11.7 Å². The van der Waals surface area contributed by atoms with E-state index in [1.807, 2.05) is 0 Å². The van der Waals surface area contributed by atoms with Gasteiger partial charge in [0.05, 0.1) is 12.7 Å². The third-order valence-electron chi connectivity index (χ3n) is 4.42. The Morgan fingerprint density at radius 2 is 1.85 bits per heavy atom. The van der Waals surface area contributed by atoms with Gasteiger partial charge in [-0.1, -0.05) is 13.3 Å². The molecule has 0 fully saturated rings. The molecule has 0 saturated heterocycles. The van der Waals surface area contributed by atoms with Crippen molar-refractivity contribution in [2.75, 3.05) is 12.4 Å². The molecule has 1 aromatic heterocycles. The Morgan fingerprint density at radius 1 is 1.11 bits per heavy atom. The lowest BCUT2D eigenvalue weighted by atomic mass is 9.98. The highest BCUT2D eigenvalue weighted by molar-refractivity contribution is 6.17. The maximum absolute atomic E-state index is 13.3. The van der Waals surface area contributed by atoms with E-state index < -0.39 is 0 Å². The molecule has 5 nitrogen and oxygen atoms in total. The minimum absolute atomic E-state index is 0.0949. The predicted molar refractivity (Wildman–Crippen MR) is 106 cm³/mol. The first-order chi connectivity index (χ1) is 13.0. The van der Waals surface area contributed by atoms with Gasteiger partial charge < -0.3 is 14.5 Å². The lowest BCUT2D eigenvalue weighted by Gasteiger charge is -2.05. The lowest BCUT2D eigenvalue weighted by Crippen LogP contribution is -2.06. The summed E-state index contributed by atoms with van der Waals surface area (Å²) >= 11 is 0. The summed E-state index contributed by atoms with van der Waals surface area (Å²) in [6, 6.07) is 12.4. The molecule has 1 heterocycles. The molecule has 0 aliphatic heterocycles. The summed E-state index contributed by atoms with van der Waals surface area (Å²) in [6.07, 6.45) is 2.63. The molecule has 3 rings (SSSR count). The number of anilines is 1. The molecular weight excluding hydrogens is 342 g/mol. The van der Waals surface area contributed by atoms with Crippen LogP contribution in [-0.2, 0) is 11.2 Å². The summed E-state index contributed by atoms with van der Waals surface area (Å²) in [7, 11) is 1.59. The number of aryl methyl sites for hydroxylation is 1. The minimum Gasteiger partial charge on any atom is -0.497 e. The van der Waals surface area contributed by atoms with Crippen molar-refractivity contribution in [3.8, 4) is 5.75 Å². The third-order valence-corrected chi connectivity index (χ3v) is 4.42. The number of ketones is 1. The summed E-state index contributed by atoms with van der Waals surface area (Å²) in [6.45, 7) is 3.55. The van der Waals surface area contributed by atoms with Crippen molar-refractivity contribution in [3.05, 3.63) is 59.4 Å². The van der Waals surface area contributed by atoms with Gasteiger partial charge >= 0.3 is 0 Å². The SMILES string of the molecule is CCCCc1oc2ccc(NC(C)=O)cc2c1C(=O)c1ccc(OC)cc1. The topological polar surface area (TPSA) is 68.5 Å². The van der Waals surface area contributed by atoms with Crippen LogP contribution in [0.5, 0.6) is 5.75 Å². The number of hydrogen-bond acceptors (Lipinski definition) is 4. The van der Waals surface area contributed by atoms with E-state index in [9.17, 15) is 9.59 Å². The number of carbonyl (C=O) groups excluding carboxylic acids is 2. The number of benzene rings is 2. The van der Waals surface area contributed by atoms with Gasteiger partial charge in [0, 0.05) is 30.0 Å². The average Bonchev–Trinajstić information content (AvgIpc) is 3.03. The number of amides is 1. The number of carbonyl (C=O) groups is 2. The summed E-state index contributed by atoms with van der Waals surface area (Å²) in [5.41, 5.74) is 2.42. The molecule has 0 saturated carbocycles. The second-order valence-electron chi connectivity index (χ2n) is 6.45. The Balaban J connectivity index is 2.10. The summed E-state index contributed by atoms with van der Waals surface area (Å²) in [5, 5.41) is 3.48. The predicted octanol–water partition coefficient (Wildman–Crippen LogP) is 4.97. The van der Waals surface area contributed by atoms with Crippen molar-refractivity contribution in [1.29, 1.82) is 0 Å². The van der Waals surface area contributed by atoms with Gasteiger partial charge in [-0.05, 0) is 48.9 Å². The molecular formula is C22H23NO4. The number of unbranched alkanes of at least 4 members (excludes halogenated alkanes) is 1. The van der Waals surface area contributed by atoms with Crippen LogP contribution in [-0.4, -0.2) is 18.8 Å². The van der Waals surface area contributed by atoms with E-state index >= 15 is 0 Å². The van der Waals surface area contributed by atoms with E-state index in [1.165, 1.54) is 6.92 Å². The molecule has 0 spiro atoms. The Morgan fingerprint density at radius 3 is 2.48 bits per heavy atom. The van der Waals surface area contributed by atoms with Crippen LogP contribution < -0.4 is 10.1 Å². The van der Waals surface area contributed by atoms with Crippen molar-refractivity contribution in [2.24, 2.45) is 0 Å². The molecule has 1 amide bonds. The molecule has 5 heteroatoms. The normalized spacial score (nSPS) is 10.8. The number of furan rings is 1. The second-order valence-corrected chi connectivity index (χ2v) is 6.45.